The average Bonchev–Trinajstić information content (AvgIpc) is 3.35. The molecule has 1 saturated carbocycles. The van der Waals surface area contributed by atoms with Gasteiger partial charge in [0.15, 0.2) is 0 Å². The molecule has 1 aliphatic carbocycles. The fourth-order valence-electron chi connectivity index (χ4n) is 3.57. The maximum Gasteiger partial charge on any atom is 0.259 e. The number of amides is 1. The SMILES string of the molecule is Cc1noc2nc(-c3ccccc3)cc(C(=O)NCCOC3CCCC3)c12. The smallest absolute Gasteiger partial charge is 0.259 e. The van der Waals surface area contributed by atoms with Crippen LogP contribution < -0.4 is 5.32 Å². The van der Waals surface area contributed by atoms with E-state index in [1.165, 1.54) is 12.8 Å². The molecular formula is C21H23N3O3. The standard InChI is InChI=1S/C21H23N3O3/c1-14-19-17(20(25)22-11-12-26-16-9-5-6-10-16)13-18(23-21(19)27-24-14)15-7-3-2-4-8-15/h2-4,7-8,13,16H,5-6,9-12H2,1H3,(H,22,25). The molecule has 0 spiro atoms. The average molecular weight is 365 g/mol. The van der Waals surface area contributed by atoms with Crippen molar-refractivity contribution in [2.45, 2.75) is 38.7 Å². The first kappa shape index (κ1) is 17.7. The Morgan fingerprint density at radius 2 is 2.04 bits per heavy atom. The second kappa shape index (κ2) is 7.88. The Kier molecular flexibility index (Phi) is 5.16. The van der Waals surface area contributed by atoms with Crippen LogP contribution in [-0.2, 0) is 4.74 Å². The molecule has 2 heterocycles. The number of hydrogen-bond acceptors (Lipinski definition) is 5. The summed E-state index contributed by atoms with van der Waals surface area (Å²) in [6.45, 7) is 2.82. The van der Waals surface area contributed by atoms with Gasteiger partial charge in [-0.3, -0.25) is 4.79 Å². The van der Waals surface area contributed by atoms with E-state index in [0.29, 0.717) is 47.3 Å². The Hall–Kier alpha value is -2.73. The summed E-state index contributed by atoms with van der Waals surface area (Å²) in [7, 11) is 0. The molecule has 0 saturated heterocycles. The number of benzene rings is 1. The number of pyridine rings is 1. The molecule has 6 heteroatoms. The van der Waals surface area contributed by atoms with Gasteiger partial charge in [-0.1, -0.05) is 48.3 Å². The molecule has 0 unspecified atom stereocenters. The van der Waals surface area contributed by atoms with Gasteiger partial charge < -0.3 is 14.6 Å². The number of fused-ring (bicyclic) bond motifs is 1. The number of carbonyl (C=O) groups excluding carboxylic acids is 1. The minimum atomic E-state index is -0.166. The van der Waals surface area contributed by atoms with Gasteiger partial charge in [0.25, 0.3) is 11.6 Å². The highest BCUT2D eigenvalue weighted by atomic mass is 16.5. The lowest BCUT2D eigenvalue weighted by molar-refractivity contribution is 0.0582. The molecule has 1 fully saturated rings. The third-order valence-corrected chi connectivity index (χ3v) is 4.97. The topological polar surface area (TPSA) is 77.2 Å². The quantitative estimate of drug-likeness (QED) is 0.671. The number of hydrogen-bond donors (Lipinski definition) is 1. The van der Waals surface area contributed by atoms with Gasteiger partial charge in [-0.2, -0.15) is 0 Å². The van der Waals surface area contributed by atoms with Crippen LogP contribution in [0.1, 0.15) is 41.7 Å². The molecule has 1 N–H and O–H groups in total. The predicted molar refractivity (Wildman–Crippen MR) is 103 cm³/mol. The summed E-state index contributed by atoms with van der Waals surface area (Å²) in [6.07, 6.45) is 5.07. The van der Waals surface area contributed by atoms with Gasteiger partial charge in [0.1, 0.15) is 0 Å². The molecule has 0 bridgehead atoms. The van der Waals surface area contributed by atoms with Crippen molar-refractivity contribution in [2.75, 3.05) is 13.2 Å². The van der Waals surface area contributed by atoms with Crippen LogP contribution in [0.4, 0.5) is 0 Å². The second-order valence-electron chi connectivity index (χ2n) is 6.90. The summed E-state index contributed by atoms with van der Waals surface area (Å²) in [5.74, 6) is -0.166. The number of carbonyl (C=O) groups is 1. The lowest BCUT2D eigenvalue weighted by atomic mass is 10.1. The number of rotatable bonds is 6. The largest absolute Gasteiger partial charge is 0.376 e. The Balaban J connectivity index is 1.53. The Bertz CT molecular complexity index is 930. The van der Waals surface area contributed by atoms with Gasteiger partial charge in [0.05, 0.1) is 35.0 Å². The predicted octanol–water partition coefficient (Wildman–Crippen LogP) is 3.89. The van der Waals surface area contributed by atoms with Gasteiger partial charge >= 0.3 is 0 Å². The van der Waals surface area contributed by atoms with Crippen LogP contribution in [0.3, 0.4) is 0 Å². The fraction of sp³-hybridized carbons (Fsp3) is 0.381. The van der Waals surface area contributed by atoms with Crippen LogP contribution in [-0.4, -0.2) is 35.3 Å². The van der Waals surface area contributed by atoms with Crippen LogP contribution in [0.15, 0.2) is 40.9 Å². The third kappa shape index (κ3) is 3.85. The molecule has 3 aromatic rings. The number of nitrogens with one attached hydrogen (secondary N) is 1. The molecule has 1 aromatic carbocycles. The van der Waals surface area contributed by atoms with Gasteiger partial charge in [0, 0.05) is 12.1 Å². The van der Waals surface area contributed by atoms with E-state index in [0.717, 1.165) is 18.4 Å². The summed E-state index contributed by atoms with van der Waals surface area (Å²) in [5, 5.41) is 7.59. The minimum Gasteiger partial charge on any atom is -0.376 e. The van der Waals surface area contributed by atoms with Crippen LogP contribution in [0.5, 0.6) is 0 Å². The summed E-state index contributed by atoms with van der Waals surface area (Å²) >= 11 is 0. The number of ether oxygens (including phenoxy) is 1. The molecule has 27 heavy (non-hydrogen) atoms. The first-order valence-corrected chi connectivity index (χ1v) is 9.44. The van der Waals surface area contributed by atoms with Gasteiger partial charge in [-0.05, 0) is 25.8 Å². The van der Waals surface area contributed by atoms with E-state index < -0.39 is 0 Å². The summed E-state index contributed by atoms with van der Waals surface area (Å²) < 4.78 is 11.1. The van der Waals surface area contributed by atoms with Crippen molar-refractivity contribution >= 4 is 17.0 Å². The van der Waals surface area contributed by atoms with Crippen LogP contribution in [0.2, 0.25) is 0 Å². The van der Waals surface area contributed by atoms with Gasteiger partial charge in [-0.25, -0.2) is 4.98 Å². The van der Waals surface area contributed by atoms with E-state index in [-0.39, 0.29) is 5.91 Å². The summed E-state index contributed by atoms with van der Waals surface area (Å²) in [6, 6.07) is 11.5. The first-order valence-electron chi connectivity index (χ1n) is 9.44. The van der Waals surface area contributed by atoms with E-state index in [4.69, 9.17) is 9.26 Å². The van der Waals surface area contributed by atoms with E-state index in [9.17, 15) is 4.79 Å². The van der Waals surface area contributed by atoms with Crippen LogP contribution >= 0.6 is 0 Å². The molecule has 1 aliphatic rings. The maximum absolute atomic E-state index is 12.8. The zero-order valence-corrected chi connectivity index (χ0v) is 15.4. The molecule has 4 rings (SSSR count). The van der Waals surface area contributed by atoms with Gasteiger partial charge in [-0.15, -0.1) is 0 Å². The van der Waals surface area contributed by atoms with Crippen molar-refractivity contribution in [3.8, 4) is 11.3 Å². The molecule has 0 atom stereocenters. The molecule has 0 radical (unpaired) electrons. The lowest BCUT2D eigenvalue weighted by Gasteiger charge is -2.12. The highest BCUT2D eigenvalue weighted by Gasteiger charge is 2.19. The molecule has 6 nitrogen and oxygen atoms in total. The van der Waals surface area contributed by atoms with Crippen LogP contribution in [0, 0.1) is 6.92 Å². The molecule has 1 amide bonds. The molecular weight excluding hydrogens is 342 g/mol. The van der Waals surface area contributed by atoms with Crippen molar-refractivity contribution in [1.82, 2.24) is 15.5 Å². The minimum absolute atomic E-state index is 0.166. The highest BCUT2D eigenvalue weighted by Crippen LogP contribution is 2.27. The van der Waals surface area contributed by atoms with Crippen molar-refractivity contribution in [1.29, 1.82) is 0 Å². The Morgan fingerprint density at radius 3 is 2.81 bits per heavy atom. The molecule has 140 valence electrons. The van der Waals surface area contributed by atoms with E-state index in [1.54, 1.807) is 6.07 Å². The number of aromatic nitrogens is 2. The summed E-state index contributed by atoms with van der Waals surface area (Å²) in [5.41, 5.74) is 3.17. The zero-order chi connectivity index (χ0) is 18.6. The fourth-order valence-corrected chi connectivity index (χ4v) is 3.57. The monoisotopic (exact) mass is 365 g/mol. The third-order valence-electron chi connectivity index (χ3n) is 4.97. The van der Waals surface area contributed by atoms with Crippen molar-refractivity contribution < 1.29 is 14.1 Å². The summed E-state index contributed by atoms with van der Waals surface area (Å²) in [4.78, 5) is 17.3. The van der Waals surface area contributed by atoms with Crippen molar-refractivity contribution in [3.63, 3.8) is 0 Å². The molecule has 0 aliphatic heterocycles. The van der Waals surface area contributed by atoms with E-state index >= 15 is 0 Å². The first-order chi connectivity index (χ1) is 13.2. The maximum atomic E-state index is 12.8. The highest BCUT2D eigenvalue weighted by molar-refractivity contribution is 6.06. The number of aryl methyl sites for hydroxylation is 1. The van der Waals surface area contributed by atoms with Crippen molar-refractivity contribution in [2.24, 2.45) is 0 Å². The second-order valence-corrected chi connectivity index (χ2v) is 6.90. The van der Waals surface area contributed by atoms with E-state index in [1.807, 2.05) is 37.3 Å². The Morgan fingerprint density at radius 1 is 1.26 bits per heavy atom. The Labute approximate surface area is 157 Å². The van der Waals surface area contributed by atoms with Crippen LogP contribution in [0.25, 0.3) is 22.4 Å². The van der Waals surface area contributed by atoms with E-state index in [2.05, 4.69) is 15.5 Å². The normalized spacial score (nSPS) is 14.7. The lowest BCUT2D eigenvalue weighted by Crippen LogP contribution is -2.28. The molecule has 2 aromatic heterocycles. The number of nitrogens with zero attached hydrogens (tertiary/aromatic N) is 2. The zero-order valence-electron chi connectivity index (χ0n) is 15.4. The van der Waals surface area contributed by atoms with Crippen molar-refractivity contribution in [3.05, 3.63) is 47.7 Å². The van der Waals surface area contributed by atoms with Gasteiger partial charge in [0.2, 0.25) is 0 Å².